The maximum atomic E-state index is 14.0. The molecule has 9 heteroatoms. The van der Waals surface area contributed by atoms with Crippen molar-refractivity contribution < 1.29 is 23.5 Å². The first-order valence-corrected chi connectivity index (χ1v) is 10.7. The number of amides is 2. The summed E-state index contributed by atoms with van der Waals surface area (Å²) in [5.41, 5.74) is 7.33. The normalized spacial score (nSPS) is 20.6. The van der Waals surface area contributed by atoms with Crippen LogP contribution in [0.3, 0.4) is 0 Å². The van der Waals surface area contributed by atoms with Crippen molar-refractivity contribution in [3.63, 3.8) is 0 Å². The van der Waals surface area contributed by atoms with Gasteiger partial charge in [-0.15, -0.1) is 0 Å². The lowest BCUT2D eigenvalue weighted by Gasteiger charge is -2.27. The molecule has 172 valence electrons. The minimum absolute atomic E-state index is 0.0309. The SMILES string of the molecule is CCOc1cc(C(C2C(=O)NN=C2C)C2C(=O)NN=C2C)ccc1OCc1ccccc1F. The molecule has 0 saturated heterocycles. The van der Waals surface area contributed by atoms with Crippen molar-refractivity contribution in [1.82, 2.24) is 10.9 Å². The number of carbonyl (C=O) groups excluding carboxylic acids is 2. The first-order chi connectivity index (χ1) is 15.9. The summed E-state index contributed by atoms with van der Waals surface area (Å²) in [6.07, 6.45) is 0. The second-order valence-corrected chi connectivity index (χ2v) is 7.96. The fourth-order valence-electron chi connectivity index (χ4n) is 4.26. The molecule has 0 saturated carbocycles. The maximum absolute atomic E-state index is 14.0. The molecule has 2 aromatic carbocycles. The van der Waals surface area contributed by atoms with Crippen LogP contribution in [0.25, 0.3) is 0 Å². The largest absolute Gasteiger partial charge is 0.490 e. The van der Waals surface area contributed by atoms with Crippen LogP contribution in [0, 0.1) is 17.7 Å². The van der Waals surface area contributed by atoms with Gasteiger partial charge in [0, 0.05) is 22.9 Å². The second kappa shape index (κ2) is 9.40. The van der Waals surface area contributed by atoms with E-state index in [1.807, 2.05) is 6.92 Å². The number of hydrogen-bond acceptors (Lipinski definition) is 6. The number of nitrogens with zero attached hydrogens (tertiary/aromatic N) is 2. The first-order valence-electron chi connectivity index (χ1n) is 10.7. The molecule has 0 fully saturated rings. The molecule has 8 nitrogen and oxygen atoms in total. The molecule has 4 rings (SSSR count). The third kappa shape index (κ3) is 4.44. The van der Waals surface area contributed by atoms with Gasteiger partial charge in [0.05, 0.1) is 18.4 Å². The van der Waals surface area contributed by atoms with Gasteiger partial charge in [-0.2, -0.15) is 10.2 Å². The molecule has 2 atom stereocenters. The molecule has 2 unspecified atom stereocenters. The number of rotatable bonds is 8. The predicted molar refractivity (Wildman–Crippen MR) is 121 cm³/mol. The molecule has 0 aromatic heterocycles. The zero-order valence-corrected chi connectivity index (χ0v) is 18.6. The average Bonchev–Trinajstić information content (AvgIpc) is 3.31. The van der Waals surface area contributed by atoms with E-state index in [9.17, 15) is 14.0 Å². The van der Waals surface area contributed by atoms with Crippen molar-refractivity contribution in [2.24, 2.45) is 22.0 Å². The lowest BCUT2D eigenvalue weighted by Crippen LogP contribution is -2.38. The molecule has 33 heavy (non-hydrogen) atoms. The van der Waals surface area contributed by atoms with Crippen molar-refractivity contribution in [3.8, 4) is 11.5 Å². The Balaban J connectivity index is 1.70. The number of hydrogen-bond donors (Lipinski definition) is 2. The van der Waals surface area contributed by atoms with Gasteiger partial charge in [0.15, 0.2) is 11.5 Å². The fraction of sp³-hybridized carbons (Fsp3) is 0.333. The van der Waals surface area contributed by atoms with Gasteiger partial charge in [-0.3, -0.25) is 9.59 Å². The van der Waals surface area contributed by atoms with Gasteiger partial charge in [0.25, 0.3) is 0 Å². The Hall–Kier alpha value is -3.75. The van der Waals surface area contributed by atoms with Crippen LogP contribution in [-0.4, -0.2) is 29.8 Å². The molecular formula is C24H25FN4O4. The molecule has 0 bridgehead atoms. The highest BCUT2D eigenvalue weighted by Crippen LogP contribution is 2.41. The van der Waals surface area contributed by atoms with E-state index >= 15 is 0 Å². The summed E-state index contributed by atoms with van der Waals surface area (Å²) in [7, 11) is 0. The lowest BCUT2D eigenvalue weighted by molar-refractivity contribution is -0.125. The topological polar surface area (TPSA) is 101 Å². The van der Waals surface area contributed by atoms with Crippen LogP contribution in [0.4, 0.5) is 4.39 Å². The van der Waals surface area contributed by atoms with Gasteiger partial charge in [-0.25, -0.2) is 15.2 Å². The third-order valence-electron chi connectivity index (χ3n) is 5.86. The number of benzene rings is 2. The van der Waals surface area contributed by atoms with Crippen molar-refractivity contribution in [2.75, 3.05) is 6.61 Å². The summed E-state index contributed by atoms with van der Waals surface area (Å²) in [5, 5.41) is 8.14. The quantitative estimate of drug-likeness (QED) is 0.643. The van der Waals surface area contributed by atoms with E-state index in [0.717, 1.165) is 0 Å². The highest BCUT2D eigenvalue weighted by molar-refractivity contribution is 6.12. The number of ether oxygens (including phenoxy) is 2. The van der Waals surface area contributed by atoms with Gasteiger partial charge in [-0.05, 0) is 44.5 Å². The Bertz CT molecular complexity index is 1110. The number of hydrazone groups is 2. The summed E-state index contributed by atoms with van der Waals surface area (Å²) >= 11 is 0. The van der Waals surface area contributed by atoms with Gasteiger partial charge in [-0.1, -0.05) is 24.3 Å². The van der Waals surface area contributed by atoms with E-state index < -0.39 is 17.8 Å². The highest BCUT2D eigenvalue weighted by Gasteiger charge is 2.46. The molecule has 0 aliphatic carbocycles. The zero-order valence-electron chi connectivity index (χ0n) is 18.6. The van der Waals surface area contributed by atoms with Gasteiger partial charge in [0.2, 0.25) is 11.8 Å². The van der Waals surface area contributed by atoms with E-state index in [1.165, 1.54) is 6.07 Å². The smallest absolute Gasteiger partial charge is 0.249 e. The van der Waals surface area contributed by atoms with E-state index in [0.29, 0.717) is 40.7 Å². The molecule has 2 amide bonds. The molecule has 2 N–H and O–H groups in total. The standard InChI is InChI=1S/C24H25FN4O4/c1-4-32-19-11-15(9-10-18(19)33-12-16-7-5-6-8-17(16)25)22(20-13(2)26-28-23(20)30)21-14(3)27-29-24(21)31/h5-11,20-22H,4,12H2,1-3H3,(H,28,30)(H,29,31). The minimum atomic E-state index is -0.636. The third-order valence-corrected chi connectivity index (χ3v) is 5.86. The molecule has 2 aromatic rings. The minimum Gasteiger partial charge on any atom is -0.490 e. The molecular weight excluding hydrogens is 427 g/mol. The van der Waals surface area contributed by atoms with Crippen LogP contribution in [0.1, 0.15) is 37.8 Å². The van der Waals surface area contributed by atoms with Crippen LogP contribution in [0.5, 0.6) is 11.5 Å². The van der Waals surface area contributed by atoms with Crippen LogP contribution in [-0.2, 0) is 16.2 Å². The van der Waals surface area contributed by atoms with Gasteiger partial charge < -0.3 is 9.47 Å². The van der Waals surface area contributed by atoms with Crippen LogP contribution >= 0.6 is 0 Å². The number of halogens is 1. The Labute approximate surface area is 190 Å². The van der Waals surface area contributed by atoms with Crippen molar-refractivity contribution >= 4 is 23.2 Å². The van der Waals surface area contributed by atoms with Gasteiger partial charge in [0.1, 0.15) is 12.4 Å². The summed E-state index contributed by atoms with van der Waals surface area (Å²) < 4.78 is 25.6. The maximum Gasteiger partial charge on any atom is 0.249 e. The molecule has 2 heterocycles. The van der Waals surface area contributed by atoms with Crippen molar-refractivity contribution in [1.29, 1.82) is 0 Å². The zero-order chi connectivity index (χ0) is 23.5. The average molecular weight is 452 g/mol. The fourth-order valence-corrected chi connectivity index (χ4v) is 4.26. The Morgan fingerprint density at radius 3 is 2.12 bits per heavy atom. The van der Waals surface area contributed by atoms with Crippen LogP contribution in [0.2, 0.25) is 0 Å². The van der Waals surface area contributed by atoms with E-state index in [-0.39, 0.29) is 24.2 Å². The summed E-state index contributed by atoms with van der Waals surface area (Å²) in [5.74, 6) is -1.83. The Morgan fingerprint density at radius 1 is 0.939 bits per heavy atom. The van der Waals surface area contributed by atoms with Crippen molar-refractivity contribution in [2.45, 2.75) is 33.3 Å². The van der Waals surface area contributed by atoms with Gasteiger partial charge >= 0.3 is 0 Å². The monoisotopic (exact) mass is 452 g/mol. The number of carbonyl (C=O) groups is 2. The second-order valence-electron chi connectivity index (χ2n) is 7.96. The summed E-state index contributed by atoms with van der Waals surface area (Å²) in [4.78, 5) is 25.3. The molecule has 0 radical (unpaired) electrons. The van der Waals surface area contributed by atoms with Crippen molar-refractivity contribution in [3.05, 3.63) is 59.4 Å². The van der Waals surface area contributed by atoms with Crippen LogP contribution < -0.4 is 20.3 Å². The Morgan fingerprint density at radius 2 is 1.58 bits per heavy atom. The molecule has 2 aliphatic heterocycles. The summed E-state index contributed by atoms with van der Waals surface area (Å²) in [6, 6.07) is 11.7. The first kappa shape index (κ1) is 22.4. The lowest BCUT2D eigenvalue weighted by atomic mass is 9.73. The summed E-state index contributed by atoms with van der Waals surface area (Å²) in [6.45, 7) is 5.75. The van der Waals surface area contributed by atoms with Crippen LogP contribution in [0.15, 0.2) is 52.7 Å². The Kier molecular flexibility index (Phi) is 6.39. The molecule has 2 aliphatic rings. The van der Waals surface area contributed by atoms with E-state index in [1.54, 1.807) is 50.2 Å². The van der Waals surface area contributed by atoms with E-state index in [2.05, 4.69) is 21.1 Å². The molecule has 0 spiro atoms. The number of nitrogens with one attached hydrogen (secondary N) is 2. The predicted octanol–water partition coefficient (Wildman–Crippen LogP) is 3.13. The van der Waals surface area contributed by atoms with E-state index in [4.69, 9.17) is 9.47 Å². The highest BCUT2D eigenvalue weighted by atomic mass is 19.1.